The van der Waals surface area contributed by atoms with Crippen molar-refractivity contribution in [3.63, 3.8) is 0 Å². The average molecular weight is 701 g/mol. The zero-order valence-corrected chi connectivity index (χ0v) is 27.8. The molecule has 4 atom stereocenters. The topological polar surface area (TPSA) is 180 Å². The van der Waals surface area contributed by atoms with E-state index in [1.807, 2.05) is 30.3 Å². The number of nitrogens with one attached hydrogen (secondary N) is 1. The zero-order chi connectivity index (χ0) is 36.1. The highest BCUT2D eigenvalue weighted by Gasteiger charge is 2.39. The summed E-state index contributed by atoms with van der Waals surface area (Å²) in [5.41, 5.74) is 1.59. The molecule has 6 aromatic rings. The van der Waals surface area contributed by atoms with E-state index in [0.717, 1.165) is 5.56 Å². The van der Waals surface area contributed by atoms with Gasteiger partial charge in [-0.1, -0.05) is 78.0 Å². The molecule has 262 valence electrons. The normalized spacial score (nSPS) is 18.3. The van der Waals surface area contributed by atoms with E-state index in [4.69, 9.17) is 9.47 Å². The maximum absolute atomic E-state index is 14.4. The number of aliphatic hydroxyl groups is 1. The molecule has 1 fully saturated rings. The lowest BCUT2D eigenvalue weighted by Gasteiger charge is -2.23. The number of benzene rings is 3. The van der Waals surface area contributed by atoms with Gasteiger partial charge < -0.3 is 14.6 Å². The Balaban J connectivity index is 1.11. The summed E-state index contributed by atoms with van der Waals surface area (Å²) in [6.45, 7) is 0.909. The molecule has 4 heterocycles. The average Bonchev–Trinajstić information content (AvgIpc) is 3.89. The van der Waals surface area contributed by atoms with E-state index in [-0.39, 0.29) is 31.8 Å². The fraction of sp³-hybridized carbons (Fsp3) is 0.237. The molecule has 1 aliphatic carbocycles. The van der Waals surface area contributed by atoms with E-state index in [9.17, 15) is 29.1 Å². The Morgan fingerprint density at radius 3 is 2.44 bits per heavy atom. The van der Waals surface area contributed by atoms with E-state index in [2.05, 4.69) is 15.3 Å². The predicted octanol–water partition coefficient (Wildman–Crippen LogP) is 3.01. The van der Waals surface area contributed by atoms with Crippen LogP contribution in [0.4, 0.5) is 0 Å². The van der Waals surface area contributed by atoms with Crippen molar-refractivity contribution in [1.29, 1.82) is 0 Å². The van der Waals surface area contributed by atoms with Crippen molar-refractivity contribution in [3.05, 3.63) is 150 Å². The molecule has 52 heavy (non-hydrogen) atoms. The number of carbonyl (C=O) groups is 2. The van der Waals surface area contributed by atoms with Crippen molar-refractivity contribution in [1.82, 2.24) is 29.1 Å². The van der Waals surface area contributed by atoms with Gasteiger partial charge in [0, 0.05) is 46.5 Å². The molecule has 0 saturated carbocycles. The minimum absolute atomic E-state index is 0.107. The van der Waals surface area contributed by atoms with Crippen LogP contribution in [0.1, 0.15) is 57.5 Å². The SMILES string of the molecule is Cc1cn([C@H]2C[C@H](n3cc(COC(=O)[C@H](Cc4ccccc4)n4c5c(c6ccccc6c4=O)C(=O)c4ccccc4-5)nn3)[C@@H](CO)O2)c(=O)[nH]c1=O. The first-order chi connectivity index (χ1) is 25.2. The van der Waals surface area contributed by atoms with Gasteiger partial charge in [0.1, 0.15) is 30.7 Å². The molecule has 0 amide bonds. The Morgan fingerprint density at radius 2 is 1.67 bits per heavy atom. The molecule has 8 rings (SSSR count). The summed E-state index contributed by atoms with van der Waals surface area (Å²) in [4.78, 5) is 69.1. The van der Waals surface area contributed by atoms with Crippen LogP contribution in [-0.4, -0.2) is 58.7 Å². The first kappa shape index (κ1) is 32.9. The maximum Gasteiger partial charge on any atom is 0.330 e. The Hall–Kier alpha value is -6.25. The summed E-state index contributed by atoms with van der Waals surface area (Å²) in [7, 11) is 0. The molecule has 2 aliphatic rings. The molecule has 3 aromatic heterocycles. The molecule has 3 aromatic carbocycles. The van der Waals surface area contributed by atoms with Gasteiger partial charge in [-0.25, -0.2) is 14.3 Å². The summed E-state index contributed by atoms with van der Waals surface area (Å²) >= 11 is 0. The lowest BCUT2D eigenvalue weighted by molar-refractivity contribution is -0.149. The number of rotatable bonds is 9. The second-order valence-electron chi connectivity index (χ2n) is 12.9. The van der Waals surface area contributed by atoms with Gasteiger partial charge >= 0.3 is 11.7 Å². The number of nitrogens with zero attached hydrogens (tertiary/aromatic N) is 5. The Labute approximate surface area is 294 Å². The molecular weight excluding hydrogens is 668 g/mol. The summed E-state index contributed by atoms with van der Waals surface area (Å²) < 4.78 is 16.0. The fourth-order valence-electron chi connectivity index (χ4n) is 7.21. The first-order valence-corrected chi connectivity index (χ1v) is 16.7. The maximum atomic E-state index is 14.4. The third kappa shape index (κ3) is 5.58. The highest BCUT2D eigenvalue weighted by atomic mass is 16.5. The van der Waals surface area contributed by atoms with Crippen LogP contribution in [0, 0.1) is 6.92 Å². The van der Waals surface area contributed by atoms with E-state index >= 15 is 0 Å². The van der Waals surface area contributed by atoms with Gasteiger partial charge in [0.15, 0.2) is 5.78 Å². The van der Waals surface area contributed by atoms with Crippen LogP contribution in [0.25, 0.3) is 22.0 Å². The number of carbonyl (C=O) groups excluding carboxylic acids is 2. The van der Waals surface area contributed by atoms with Gasteiger partial charge in [-0.2, -0.15) is 0 Å². The van der Waals surface area contributed by atoms with Gasteiger partial charge in [0.2, 0.25) is 0 Å². The van der Waals surface area contributed by atoms with Crippen molar-refractivity contribution in [2.75, 3.05) is 6.61 Å². The lowest BCUT2D eigenvalue weighted by atomic mass is 10.00. The summed E-state index contributed by atoms with van der Waals surface area (Å²) in [5, 5.41) is 19.3. The number of esters is 1. The van der Waals surface area contributed by atoms with E-state index in [0.29, 0.717) is 44.4 Å². The molecular formula is C38H32N6O8. The Kier molecular flexibility index (Phi) is 8.32. The van der Waals surface area contributed by atoms with Crippen molar-refractivity contribution in [2.24, 2.45) is 0 Å². The highest BCUT2D eigenvalue weighted by Crippen LogP contribution is 2.41. The van der Waals surface area contributed by atoms with Crippen molar-refractivity contribution in [2.45, 2.75) is 50.8 Å². The van der Waals surface area contributed by atoms with Gasteiger partial charge in [-0.15, -0.1) is 5.10 Å². The van der Waals surface area contributed by atoms with Crippen LogP contribution in [0.3, 0.4) is 0 Å². The minimum Gasteiger partial charge on any atom is -0.457 e. The van der Waals surface area contributed by atoms with E-state index in [1.165, 1.54) is 20.0 Å². The number of aryl methyl sites for hydroxylation is 1. The molecule has 1 aliphatic heterocycles. The quantitative estimate of drug-likeness (QED) is 0.213. The number of ketones is 1. The Bertz CT molecular complexity index is 2550. The van der Waals surface area contributed by atoms with Crippen LogP contribution in [0.2, 0.25) is 0 Å². The molecule has 0 radical (unpaired) electrons. The van der Waals surface area contributed by atoms with E-state index in [1.54, 1.807) is 61.7 Å². The predicted molar refractivity (Wildman–Crippen MR) is 187 cm³/mol. The number of pyridine rings is 1. The summed E-state index contributed by atoms with van der Waals surface area (Å²) in [5.74, 6) is -0.931. The largest absolute Gasteiger partial charge is 0.457 e. The van der Waals surface area contributed by atoms with Crippen molar-refractivity contribution < 1.29 is 24.2 Å². The minimum atomic E-state index is -1.15. The number of aromatic amines is 1. The molecule has 0 unspecified atom stereocenters. The number of aliphatic hydroxyl groups excluding tert-OH is 1. The number of fused-ring (bicyclic) bond motifs is 5. The van der Waals surface area contributed by atoms with Crippen LogP contribution < -0.4 is 16.8 Å². The molecule has 0 bridgehead atoms. The summed E-state index contributed by atoms with van der Waals surface area (Å²) in [6.07, 6.45) is 1.78. The van der Waals surface area contributed by atoms with Gasteiger partial charge in [-0.05, 0) is 18.6 Å². The molecule has 1 saturated heterocycles. The van der Waals surface area contributed by atoms with Crippen LogP contribution in [0.15, 0.2) is 106 Å². The standard InChI is InChI=1S/C38H32N6O8/c1-21-17-42(38(50)39-35(21)47)31-16-28(30(19-45)52-31)43-18-23(40-41-43)20-51-37(49)29(15-22-9-3-2-4-10-22)44-33-25-12-6-7-13-26(25)34(46)32(33)24-11-5-8-14-27(24)36(44)48/h2-14,17-18,28-31,45H,15-16,19-20H2,1H3,(H,39,47,50)/t28-,29-,30+,31+/m0/s1. The fourth-order valence-corrected chi connectivity index (χ4v) is 7.21. The smallest absolute Gasteiger partial charge is 0.330 e. The molecule has 14 heteroatoms. The highest BCUT2D eigenvalue weighted by molar-refractivity contribution is 6.26. The molecule has 14 nitrogen and oxygen atoms in total. The molecule has 0 spiro atoms. The number of hydrogen-bond acceptors (Lipinski definition) is 10. The molecule has 2 N–H and O–H groups in total. The van der Waals surface area contributed by atoms with Crippen molar-refractivity contribution in [3.8, 4) is 11.3 Å². The van der Waals surface area contributed by atoms with Crippen LogP contribution in [0.5, 0.6) is 0 Å². The summed E-state index contributed by atoms with van der Waals surface area (Å²) in [6, 6.07) is 21.5. The van der Waals surface area contributed by atoms with Crippen molar-refractivity contribution >= 4 is 22.5 Å². The van der Waals surface area contributed by atoms with Gasteiger partial charge in [0.05, 0.1) is 30.1 Å². The number of hydrogen-bond donors (Lipinski definition) is 2. The second kappa shape index (κ2) is 13.1. The Morgan fingerprint density at radius 1 is 0.962 bits per heavy atom. The van der Waals surface area contributed by atoms with Crippen LogP contribution >= 0.6 is 0 Å². The second-order valence-corrected chi connectivity index (χ2v) is 12.9. The lowest BCUT2D eigenvalue weighted by Crippen LogP contribution is -2.34. The third-order valence-corrected chi connectivity index (χ3v) is 9.73. The third-order valence-electron chi connectivity index (χ3n) is 9.73. The van der Waals surface area contributed by atoms with Gasteiger partial charge in [-0.3, -0.25) is 28.5 Å². The van der Waals surface area contributed by atoms with Crippen LogP contribution in [-0.2, 0) is 27.3 Å². The zero-order valence-electron chi connectivity index (χ0n) is 27.8. The van der Waals surface area contributed by atoms with E-state index < -0.39 is 47.2 Å². The van der Waals surface area contributed by atoms with Gasteiger partial charge in [0.25, 0.3) is 11.1 Å². The number of H-pyrrole nitrogens is 1. The monoisotopic (exact) mass is 700 g/mol. The number of ether oxygens (including phenoxy) is 2. The number of aromatic nitrogens is 6. The first-order valence-electron chi connectivity index (χ1n) is 16.7.